The van der Waals surface area contributed by atoms with Gasteiger partial charge < -0.3 is 9.13 Å². The van der Waals surface area contributed by atoms with Crippen LogP contribution in [0.25, 0.3) is 109 Å². The van der Waals surface area contributed by atoms with Crippen LogP contribution >= 0.6 is 0 Å². The van der Waals surface area contributed by atoms with E-state index in [4.69, 9.17) is 9.97 Å². The molecule has 0 unspecified atom stereocenters. The Bertz CT molecular complexity index is 5310. The Morgan fingerprint density at radius 2 is 0.467 bits per heavy atom. The lowest BCUT2D eigenvalue weighted by Gasteiger charge is -2.34. The molecular formula is C86H58N4Si2. The van der Waals surface area contributed by atoms with Crippen LogP contribution in [-0.2, 0) is 0 Å². The van der Waals surface area contributed by atoms with Crippen LogP contribution in [0.5, 0.6) is 0 Å². The number of hydrogen-bond donors (Lipinski definition) is 0. The maximum Gasteiger partial charge on any atom is 0.179 e. The average molecular weight is 1200 g/mol. The molecule has 4 nitrogen and oxygen atoms in total. The summed E-state index contributed by atoms with van der Waals surface area (Å²) in [6, 6.07) is 127. The molecule has 0 bridgehead atoms. The zero-order valence-corrected chi connectivity index (χ0v) is 52.3. The van der Waals surface area contributed by atoms with Crippen LogP contribution in [0.4, 0.5) is 0 Å². The summed E-state index contributed by atoms with van der Waals surface area (Å²) in [6.07, 6.45) is 4.22. The van der Waals surface area contributed by atoms with Gasteiger partial charge in [0.1, 0.15) is 0 Å². The highest BCUT2D eigenvalue weighted by Crippen LogP contribution is 2.41. The van der Waals surface area contributed by atoms with Gasteiger partial charge in [-0.05, 0) is 110 Å². The summed E-state index contributed by atoms with van der Waals surface area (Å²) in [6.45, 7) is 0. The summed E-state index contributed by atoms with van der Waals surface area (Å²) in [5.74, 6) is 0. The minimum Gasteiger partial charge on any atom is -0.307 e. The van der Waals surface area contributed by atoms with Crippen molar-refractivity contribution >= 4 is 144 Å². The van der Waals surface area contributed by atoms with Crippen molar-refractivity contribution in [3.05, 3.63) is 352 Å². The van der Waals surface area contributed by atoms with Crippen molar-refractivity contribution in [1.29, 1.82) is 0 Å². The second-order valence-electron chi connectivity index (χ2n) is 24.3. The standard InChI is InChI=1S/C86H58N4Si2/c1-7-29-61(30-8-1)91(62-31-9-2-10-32-62,63-33-11-3-12-34-63)67-47-49-81-75(53-67)77-55-79(87-57-85(77)89(81)83-51-59-27-19-21-41-69(59)71-43-23-25-45-73(71)83)80-56-78-76-54-68(92(64-35-13-4-14-36-64,65-37-15-5-16-38-65)66-39-17-6-18-40-66)48-50-82(76)90(86(78)58-88-80)84-52-60-28-20-22-42-70(60)72-44-24-26-46-74(72)84/h1-58H. The van der Waals surface area contributed by atoms with Crippen molar-refractivity contribution < 1.29 is 0 Å². The Balaban J connectivity index is 0.930. The summed E-state index contributed by atoms with van der Waals surface area (Å²) < 4.78 is 4.94. The second-order valence-corrected chi connectivity index (χ2v) is 31.9. The Labute approximate surface area is 534 Å². The summed E-state index contributed by atoms with van der Waals surface area (Å²) >= 11 is 0. The molecule has 0 amide bonds. The van der Waals surface area contributed by atoms with Gasteiger partial charge in [-0.1, -0.05) is 303 Å². The number of aromatic nitrogens is 4. The van der Waals surface area contributed by atoms with Gasteiger partial charge in [0, 0.05) is 32.3 Å². The lowest BCUT2D eigenvalue weighted by atomic mass is 10.00. The van der Waals surface area contributed by atoms with Gasteiger partial charge in [-0.15, -0.1) is 0 Å². The summed E-state index contributed by atoms with van der Waals surface area (Å²) in [5.41, 5.74) is 8.13. The molecule has 0 atom stereocenters. The molecule has 6 heteroatoms. The topological polar surface area (TPSA) is 35.6 Å². The van der Waals surface area contributed by atoms with Gasteiger partial charge in [0.2, 0.25) is 0 Å². The van der Waals surface area contributed by atoms with E-state index in [1.165, 1.54) is 84.6 Å². The zero-order valence-electron chi connectivity index (χ0n) is 50.3. The third kappa shape index (κ3) is 8.14. The smallest absolute Gasteiger partial charge is 0.179 e. The first-order valence-electron chi connectivity index (χ1n) is 31.7. The molecule has 18 aromatic rings. The Morgan fingerprint density at radius 1 is 0.196 bits per heavy atom. The molecule has 0 spiro atoms. The van der Waals surface area contributed by atoms with Gasteiger partial charge in [0.15, 0.2) is 16.1 Å². The van der Waals surface area contributed by atoms with Gasteiger partial charge in [0.05, 0.1) is 57.2 Å². The number of rotatable bonds is 11. The van der Waals surface area contributed by atoms with E-state index in [0.29, 0.717) is 0 Å². The first kappa shape index (κ1) is 53.5. The average Bonchev–Trinajstić information content (AvgIpc) is 1.70. The molecule has 0 fully saturated rings. The SMILES string of the molecule is c1ccc([Si](c2ccccc2)(c2ccccc2)c2ccc3c(c2)c2cc(-c4cc5c6cc([Si](c7ccccc7)(c7ccccc7)c7ccccc7)ccc6n(-c6cc7ccccc7c7ccccc67)c5cn4)ncc2n3-c2cc3ccccc3c3ccccc23)cc1. The molecule has 0 aliphatic heterocycles. The molecule has 92 heavy (non-hydrogen) atoms. The molecule has 0 aliphatic carbocycles. The van der Waals surface area contributed by atoms with Gasteiger partial charge in [-0.25, -0.2) is 0 Å². The molecule has 430 valence electrons. The Hall–Kier alpha value is -11.5. The maximum atomic E-state index is 5.54. The van der Waals surface area contributed by atoms with Gasteiger partial charge >= 0.3 is 0 Å². The number of nitrogens with zero attached hydrogens (tertiary/aromatic N) is 4. The number of benzene rings is 14. The van der Waals surface area contributed by atoms with Crippen LogP contribution in [0.2, 0.25) is 0 Å². The maximum absolute atomic E-state index is 5.54. The molecule has 18 rings (SSSR count). The monoisotopic (exact) mass is 1200 g/mol. The minimum absolute atomic E-state index is 0.805. The zero-order chi connectivity index (χ0) is 60.7. The summed E-state index contributed by atoms with van der Waals surface area (Å²) in [5, 5.41) is 24.8. The number of hydrogen-bond acceptors (Lipinski definition) is 2. The van der Waals surface area contributed by atoms with Crippen molar-refractivity contribution in [3.63, 3.8) is 0 Å². The molecule has 0 radical (unpaired) electrons. The van der Waals surface area contributed by atoms with Crippen molar-refractivity contribution in [1.82, 2.24) is 19.1 Å². The fourth-order valence-electron chi connectivity index (χ4n) is 15.7. The van der Waals surface area contributed by atoms with E-state index in [-0.39, 0.29) is 0 Å². The van der Waals surface area contributed by atoms with E-state index in [2.05, 4.69) is 361 Å². The minimum atomic E-state index is -2.97. The number of pyridine rings is 2. The third-order valence-corrected chi connectivity index (χ3v) is 29.2. The van der Waals surface area contributed by atoms with E-state index >= 15 is 0 Å². The third-order valence-electron chi connectivity index (χ3n) is 19.6. The first-order valence-corrected chi connectivity index (χ1v) is 35.7. The Kier molecular flexibility index (Phi) is 12.6. The predicted octanol–water partition coefficient (Wildman–Crippen LogP) is 15.7. The molecule has 0 N–H and O–H groups in total. The van der Waals surface area contributed by atoms with Crippen molar-refractivity contribution in [3.8, 4) is 22.8 Å². The van der Waals surface area contributed by atoms with Crippen LogP contribution in [0.3, 0.4) is 0 Å². The second kappa shape index (κ2) is 21.6. The van der Waals surface area contributed by atoms with E-state index in [1.807, 2.05) is 0 Å². The molecule has 4 heterocycles. The predicted molar refractivity (Wildman–Crippen MR) is 393 cm³/mol. The van der Waals surface area contributed by atoms with Gasteiger partial charge in [-0.2, -0.15) is 0 Å². The van der Waals surface area contributed by atoms with Crippen LogP contribution < -0.4 is 41.5 Å². The molecule has 14 aromatic carbocycles. The normalized spacial score (nSPS) is 12.1. The largest absolute Gasteiger partial charge is 0.307 e. The lowest BCUT2D eigenvalue weighted by molar-refractivity contribution is 1.17. The highest BCUT2D eigenvalue weighted by molar-refractivity contribution is 7.20. The highest BCUT2D eigenvalue weighted by atomic mass is 28.3. The molecule has 0 aliphatic rings. The van der Waals surface area contributed by atoms with Gasteiger partial charge in [0.25, 0.3) is 0 Å². The van der Waals surface area contributed by atoms with Crippen LogP contribution in [-0.4, -0.2) is 35.2 Å². The number of fused-ring (bicyclic) bond motifs is 12. The molecule has 4 aromatic heterocycles. The quantitative estimate of drug-likeness (QED) is 0.0735. The Morgan fingerprint density at radius 3 is 0.793 bits per heavy atom. The van der Waals surface area contributed by atoms with Crippen LogP contribution in [0.1, 0.15) is 0 Å². The van der Waals surface area contributed by atoms with Gasteiger partial charge in [-0.3, -0.25) is 9.97 Å². The summed E-state index contributed by atoms with van der Waals surface area (Å²) in [4.78, 5) is 11.1. The van der Waals surface area contributed by atoms with E-state index in [1.54, 1.807) is 0 Å². The highest BCUT2D eigenvalue weighted by Gasteiger charge is 2.43. The fourth-order valence-corrected chi connectivity index (χ4v) is 25.2. The van der Waals surface area contributed by atoms with Crippen LogP contribution in [0.15, 0.2) is 352 Å². The van der Waals surface area contributed by atoms with E-state index in [9.17, 15) is 0 Å². The van der Waals surface area contributed by atoms with Crippen molar-refractivity contribution in [2.75, 3.05) is 0 Å². The van der Waals surface area contributed by atoms with E-state index < -0.39 is 16.1 Å². The molecular weight excluding hydrogens is 1150 g/mol. The molecule has 0 saturated heterocycles. The van der Waals surface area contributed by atoms with Crippen molar-refractivity contribution in [2.45, 2.75) is 0 Å². The van der Waals surface area contributed by atoms with Crippen LogP contribution in [0, 0.1) is 0 Å². The lowest BCUT2D eigenvalue weighted by Crippen LogP contribution is -2.74. The first-order chi connectivity index (χ1) is 45.6. The fraction of sp³-hybridized carbons (Fsp3) is 0. The summed E-state index contributed by atoms with van der Waals surface area (Å²) in [7, 11) is -5.93. The van der Waals surface area contributed by atoms with E-state index in [0.717, 1.165) is 66.4 Å². The van der Waals surface area contributed by atoms with Crippen molar-refractivity contribution in [2.24, 2.45) is 0 Å². The molecule has 0 saturated carbocycles.